The van der Waals surface area contributed by atoms with Crippen LogP contribution in [0, 0.1) is 6.92 Å². The van der Waals surface area contributed by atoms with Crippen molar-refractivity contribution in [2.24, 2.45) is 7.05 Å². The van der Waals surface area contributed by atoms with Crippen LogP contribution in [0.2, 0.25) is 5.02 Å². The van der Waals surface area contributed by atoms with Gasteiger partial charge in [0.05, 0.1) is 10.6 Å². The molecule has 4 nitrogen and oxygen atoms in total. The second-order valence-corrected chi connectivity index (χ2v) is 8.57. The standard InChI is InChI=1S/C20H15BrClN3OS/c1-11-3-8-16(15(21)9-11)23-19(26)17-10-14-18(24-25(2)20(14)27-17)12-4-6-13(22)7-5-12/h3-10H,1-2H3,(H,23,26). The Balaban J connectivity index is 1.70. The van der Waals surface area contributed by atoms with Crippen LogP contribution in [0.25, 0.3) is 21.5 Å². The molecule has 0 aliphatic carbocycles. The van der Waals surface area contributed by atoms with Crippen LogP contribution in [0.3, 0.4) is 0 Å². The summed E-state index contributed by atoms with van der Waals surface area (Å²) in [5, 5.41) is 9.21. The molecule has 0 aliphatic rings. The van der Waals surface area contributed by atoms with Crippen molar-refractivity contribution in [2.45, 2.75) is 6.92 Å². The molecule has 0 spiro atoms. The van der Waals surface area contributed by atoms with E-state index < -0.39 is 0 Å². The van der Waals surface area contributed by atoms with Gasteiger partial charge in [0.25, 0.3) is 5.91 Å². The van der Waals surface area contributed by atoms with Crippen LogP contribution in [-0.2, 0) is 7.05 Å². The highest BCUT2D eigenvalue weighted by Gasteiger charge is 2.18. The van der Waals surface area contributed by atoms with Gasteiger partial charge in [0.1, 0.15) is 10.5 Å². The third kappa shape index (κ3) is 3.52. The molecule has 0 bridgehead atoms. The minimum atomic E-state index is -0.136. The fourth-order valence-corrected chi connectivity index (χ4v) is 4.56. The van der Waals surface area contributed by atoms with Gasteiger partial charge in [-0.25, -0.2) is 0 Å². The minimum Gasteiger partial charge on any atom is -0.320 e. The number of nitrogens with zero attached hydrogens (tertiary/aromatic N) is 2. The molecule has 1 amide bonds. The van der Waals surface area contributed by atoms with Gasteiger partial charge in [0.15, 0.2) is 0 Å². The van der Waals surface area contributed by atoms with Gasteiger partial charge in [-0.15, -0.1) is 11.3 Å². The average molecular weight is 461 g/mol. The zero-order chi connectivity index (χ0) is 19.1. The van der Waals surface area contributed by atoms with Crippen LogP contribution in [0.1, 0.15) is 15.2 Å². The number of rotatable bonds is 3. The van der Waals surface area contributed by atoms with Crippen LogP contribution in [-0.4, -0.2) is 15.7 Å². The number of halogens is 2. The van der Waals surface area contributed by atoms with Gasteiger partial charge in [0.2, 0.25) is 0 Å². The smallest absolute Gasteiger partial charge is 0.265 e. The van der Waals surface area contributed by atoms with Crippen LogP contribution in [0.5, 0.6) is 0 Å². The Bertz CT molecular complexity index is 1160. The molecule has 4 aromatic rings. The molecule has 2 aromatic carbocycles. The summed E-state index contributed by atoms with van der Waals surface area (Å²) < 4.78 is 2.67. The Morgan fingerprint density at radius 1 is 1.19 bits per heavy atom. The van der Waals surface area contributed by atoms with Gasteiger partial charge in [-0.2, -0.15) is 5.10 Å². The molecule has 1 N–H and O–H groups in total. The average Bonchev–Trinajstić information content (AvgIpc) is 3.19. The number of benzene rings is 2. The molecule has 2 aromatic heterocycles. The predicted octanol–water partition coefficient (Wildman–Crippen LogP) is 6.28. The number of fused-ring (bicyclic) bond motifs is 1. The van der Waals surface area contributed by atoms with Crippen molar-refractivity contribution in [1.29, 1.82) is 0 Å². The van der Waals surface area contributed by atoms with Crippen molar-refractivity contribution in [1.82, 2.24) is 9.78 Å². The van der Waals surface area contributed by atoms with Crippen molar-refractivity contribution in [3.8, 4) is 11.3 Å². The van der Waals surface area contributed by atoms with E-state index in [0.717, 1.165) is 37.2 Å². The highest BCUT2D eigenvalue weighted by molar-refractivity contribution is 9.10. The van der Waals surface area contributed by atoms with E-state index in [2.05, 4.69) is 26.3 Å². The molecule has 4 rings (SSSR count). The Morgan fingerprint density at radius 3 is 2.63 bits per heavy atom. The minimum absolute atomic E-state index is 0.136. The summed E-state index contributed by atoms with van der Waals surface area (Å²) in [5.41, 5.74) is 3.69. The summed E-state index contributed by atoms with van der Waals surface area (Å²) in [5.74, 6) is -0.136. The van der Waals surface area contributed by atoms with E-state index in [-0.39, 0.29) is 5.91 Å². The molecule has 2 heterocycles. The van der Waals surface area contributed by atoms with Crippen LogP contribution >= 0.6 is 38.9 Å². The third-order valence-corrected chi connectivity index (χ3v) is 6.33. The van der Waals surface area contributed by atoms with Crippen molar-refractivity contribution in [3.05, 3.63) is 68.5 Å². The molecular weight excluding hydrogens is 446 g/mol. The second-order valence-electron chi connectivity index (χ2n) is 6.25. The maximum absolute atomic E-state index is 12.8. The van der Waals surface area contributed by atoms with Gasteiger partial charge < -0.3 is 5.32 Å². The quantitative estimate of drug-likeness (QED) is 0.391. The van der Waals surface area contributed by atoms with E-state index in [1.165, 1.54) is 11.3 Å². The lowest BCUT2D eigenvalue weighted by Gasteiger charge is -2.06. The number of hydrogen-bond donors (Lipinski definition) is 1. The van der Waals surface area contributed by atoms with Crippen molar-refractivity contribution in [3.63, 3.8) is 0 Å². The van der Waals surface area contributed by atoms with Crippen LogP contribution < -0.4 is 5.32 Å². The van der Waals surface area contributed by atoms with E-state index in [0.29, 0.717) is 9.90 Å². The molecule has 136 valence electrons. The first-order chi connectivity index (χ1) is 12.9. The number of aromatic nitrogens is 2. The summed E-state index contributed by atoms with van der Waals surface area (Å²) in [6.07, 6.45) is 0. The molecule has 0 unspecified atom stereocenters. The summed E-state index contributed by atoms with van der Waals surface area (Å²) in [6.45, 7) is 2.01. The van der Waals surface area contributed by atoms with Crippen molar-refractivity contribution < 1.29 is 4.79 Å². The van der Waals surface area contributed by atoms with Gasteiger partial charge in [-0.1, -0.05) is 29.8 Å². The number of thiophene rings is 1. The molecular formula is C20H15BrClN3OS. The second kappa shape index (κ2) is 7.11. The number of hydrogen-bond acceptors (Lipinski definition) is 3. The van der Waals surface area contributed by atoms with E-state index >= 15 is 0 Å². The molecule has 0 radical (unpaired) electrons. The number of amides is 1. The van der Waals surface area contributed by atoms with Crippen molar-refractivity contribution in [2.75, 3.05) is 5.32 Å². The van der Waals surface area contributed by atoms with Crippen LogP contribution in [0.15, 0.2) is 53.0 Å². The Hall–Kier alpha value is -2.15. The molecule has 0 atom stereocenters. The predicted molar refractivity (Wildman–Crippen MR) is 116 cm³/mol. The number of anilines is 1. The van der Waals surface area contributed by atoms with E-state index in [9.17, 15) is 4.79 Å². The monoisotopic (exact) mass is 459 g/mol. The fourth-order valence-electron chi connectivity index (χ4n) is 2.88. The molecule has 0 saturated heterocycles. The molecule has 0 fully saturated rings. The summed E-state index contributed by atoms with van der Waals surface area (Å²) in [6, 6.07) is 15.3. The first kappa shape index (κ1) is 18.2. The lowest BCUT2D eigenvalue weighted by atomic mass is 10.1. The number of nitrogens with one attached hydrogen (secondary N) is 1. The number of carbonyl (C=O) groups excluding carboxylic acids is 1. The molecule has 0 saturated carbocycles. The fraction of sp³-hybridized carbons (Fsp3) is 0.100. The first-order valence-electron chi connectivity index (χ1n) is 8.22. The summed E-state index contributed by atoms with van der Waals surface area (Å²) in [4.78, 5) is 14.3. The Labute approximate surface area is 173 Å². The number of carbonyl (C=O) groups is 1. The number of aryl methyl sites for hydroxylation is 2. The van der Waals surface area contributed by atoms with Gasteiger partial charge in [-0.3, -0.25) is 9.48 Å². The Morgan fingerprint density at radius 2 is 1.93 bits per heavy atom. The molecule has 27 heavy (non-hydrogen) atoms. The molecule has 0 aliphatic heterocycles. The zero-order valence-electron chi connectivity index (χ0n) is 14.6. The van der Waals surface area contributed by atoms with Gasteiger partial charge in [0, 0.05) is 27.5 Å². The summed E-state index contributed by atoms with van der Waals surface area (Å²) >= 11 is 10.9. The van der Waals surface area contributed by atoms with E-state index in [1.807, 2.05) is 67.2 Å². The van der Waals surface area contributed by atoms with Gasteiger partial charge in [-0.05, 0) is 58.7 Å². The maximum atomic E-state index is 12.8. The topological polar surface area (TPSA) is 46.9 Å². The summed E-state index contributed by atoms with van der Waals surface area (Å²) in [7, 11) is 1.89. The van der Waals surface area contributed by atoms with Gasteiger partial charge >= 0.3 is 0 Å². The van der Waals surface area contributed by atoms with E-state index in [4.69, 9.17) is 11.6 Å². The lowest BCUT2D eigenvalue weighted by molar-refractivity contribution is 0.103. The van der Waals surface area contributed by atoms with Crippen molar-refractivity contribution >= 4 is 60.7 Å². The normalized spacial score (nSPS) is 11.1. The zero-order valence-corrected chi connectivity index (χ0v) is 17.7. The third-order valence-electron chi connectivity index (χ3n) is 4.23. The van der Waals surface area contributed by atoms with E-state index in [1.54, 1.807) is 0 Å². The Kier molecular flexibility index (Phi) is 4.80. The largest absolute Gasteiger partial charge is 0.320 e. The highest BCUT2D eigenvalue weighted by atomic mass is 79.9. The lowest BCUT2D eigenvalue weighted by Crippen LogP contribution is -2.10. The molecule has 7 heteroatoms. The maximum Gasteiger partial charge on any atom is 0.265 e. The highest BCUT2D eigenvalue weighted by Crippen LogP contribution is 2.34. The SMILES string of the molecule is Cc1ccc(NC(=O)c2cc3c(-c4ccc(Cl)cc4)nn(C)c3s2)c(Br)c1. The van der Waals surface area contributed by atoms with Crippen LogP contribution in [0.4, 0.5) is 5.69 Å². The first-order valence-corrected chi connectivity index (χ1v) is 10.2.